The molecular formula is C30H32N2O5. The van der Waals surface area contributed by atoms with E-state index < -0.39 is 5.97 Å². The van der Waals surface area contributed by atoms with E-state index in [1.54, 1.807) is 6.20 Å². The predicted octanol–water partition coefficient (Wildman–Crippen LogP) is 6.53. The smallest absolute Gasteiger partial charge is 0.339 e. The van der Waals surface area contributed by atoms with E-state index in [1.807, 2.05) is 36.4 Å². The van der Waals surface area contributed by atoms with Crippen molar-refractivity contribution >= 4 is 27.7 Å². The molecule has 1 atom stereocenters. The first-order chi connectivity index (χ1) is 18.1. The molecule has 0 radical (unpaired) electrons. The van der Waals surface area contributed by atoms with Gasteiger partial charge in [0.15, 0.2) is 0 Å². The van der Waals surface area contributed by atoms with Gasteiger partial charge in [0, 0.05) is 34.0 Å². The third-order valence-corrected chi connectivity index (χ3v) is 8.02. The van der Waals surface area contributed by atoms with Gasteiger partial charge < -0.3 is 19.4 Å². The second kappa shape index (κ2) is 10.1. The summed E-state index contributed by atoms with van der Waals surface area (Å²) in [4.78, 5) is 19.1. The molecule has 37 heavy (non-hydrogen) atoms. The molecule has 4 aromatic rings. The van der Waals surface area contributed by atoms with Crippen LogP contribution in [0.1, 0.15) is 72.5 Å². The number of pyridine rings is 1. The highest BCUT2D eigenvalue weighted by Gasteiger charge is 2.33. The summed E-state index contributed by atoms with van der Waals surface area (Å²) in [5.74, 6) is 0.139. The van der Waals surface area contributed by atoms with Crippen molar-refractivity contribution in [2.24, 2.45) is 5.92 Å². The summed E-state index contributed by atoms with van der Waals surface area (Å²) in [5.41, 5.74) is 2.02. The Morgan fingerprint density at radius 1 is 1.08 bits per heavy atom. The molecule has 1 unspecified atom stereocenters. The number of aromatic nitrogens is 1. The highest BCUT2D eigenvalue weighted by atomic mass is 16.5. The quantitative estimate of drug-likeness (QED) is 0.298. The number of benzene rings is 2. The summed E-state index contributed by atoms with van der Waals surface area (Å²) < 4.78 is 12.0. The van der Waals surface area contributed by atoms with Crippen LogP contribution in [-0.4, -0.2) is 45.8 Å². The molecule has 1 saturated carbocycles. The van der Waals surface area contributed by atoms with E-state index in [4.69, 9.17) is 9.15 Å². The Balaban J connectivity index is 1.53. The molecule has 2 fully saturated rings. The lowest BCUT2D eigenvalue weighted by atomic mass is 9.88. The lowest BCUT2D eigenvalue weighted by Crippen LogP contribution is -2.34. The molecule has 2 aromatic heterocycles. The fraction of sp³-hybridized carbons (Fsp3) is 0.400. The minimum Gasteiger partial charge on any atom is -0.507 e. The Morgan fingerprint density at radius 3 is 2.59 bits per heavy atom. The van der Waals surface area contributed by atoms with Crippen molar-refractivity contribution < 1.29 is 24.2 Å². The van der Waals surface area contributed by atoms with E-state index in [0.717, 1.165) is 37.9 Å². The van der Waals surface area contributed by atoms with Gasteiger partial charge in [-0.3, -0.25) is 4.90 Å². The third-order valence-electron chi connectivity index (χ3n) is 8.02. The first-order valence-corrected chi connectivity index (χ1v) is 13.3. The average Bonchev–Trinajstić information content (AvgIpc) is 3.61. The highest BCUT2D eigenvalue weighted by Crippen LogP contribution is 2.47. The van der Waals surface area contributed by atoms with Gasteiger partial charge in [-0.2, -0.15) is 0 Å². The molecule has 0 bridgehead atoms. The summed E-state index contributed by atoms with van der Waals surface area (Å²) in [6.07, 6.45) is 11.2. The Kier molecular flexibility index (Phi) is 6.47. The zero-order valence-electron chi connectivity index (χ0n) is 20.9. The molecule has 2 aromatic carbocycles. The van der Waals surface area contributed by atoms with Crippen LogP contribution in [0.15, 0.2) is 53.3 Å². The molecule has 192 valence electrons. The highest BCUT2D eigenvalue weighted by molar-refractivity contribution is 6.15. The Bertz CT molecular complexity index is 1430. The van der Waals surface area contributed by atoms with Crippen LogP contribution < -0.4 is 4.74 Å². The van der Waals surface area contributed by atoms with Crippen molar-refractivity contribution in [3.63, 3.8) is 0 Å². The molecule has 1 aliphatic heterocycles. The SMILES string of the molecule is O=C(O)c1coc2c1c(C(c1ccnc(OCC3CCCC3)c1)N1CCCCC1)c(O)c1ccccc12. The number of fused-ring (bicyclic) bond motifs is 3. The van der Waals surface area contributed by atoms with Crippen LogP contribution in [0.5, 0.6) is 11.6 Å². The number of hydrogen-bond acceptors (Lipinski definition) is 6. The van der Waals surface area contributed by atoms with Gasteiger partial charge in [0.2, 0.25) is 5.88 Å². The molecule has 7 nitrogen and oxygen atoms in total. The molecule has 6 rings (SSSR count). The molecule has 7 heteroatoms. The van der Waals surface area contributed by atoms with Crippen LogP contribution in [-0.2, 0) is 0 Å². The van der Waals surface area contributed by atoms with Crippen LogP contribution in [0.4, 0.5) is 0 Å². The number of furan rings is 1. The zero-order chi connectivity index (χ0) is 25.4. The molecule has 2 aliphatic rings. The summed E-state index contributed by atoms with van der Waals surface area (Å²) >= 11 is 0. The van der Waals surface area contributed by atoms with Crippen molar-refractivity contribution in [1.82, 2.24) is 9.88 Å². The number of hydrogen-bond donors (Lipinski definition) is 2. The summed E-state index contributed by atoms with van der Waals surface area (Å²) in [7, 11) is 0. The summed E-state index contributed by atoms with van der Waals surface area (Å²) in [6.45, 7) is 2.35. The number of piperidine rings is 1. The molecule has 1 saturated heterocycles. The number of likely N-dealkylation sites (tertiary alicyclic amines) is 1. The number of aromatic carboxylic acids is 1. The molecule has 0 spiro atoms. The van der Waals surface area contributed by atoms with Gasteiger partial charge >= 0.3 is 5.97 Å². The van der Waals surface area contributed by atoms with Crippen molar-refractivity contribution in [3.8, 4) is 11.6 Å². The molecule has 0 amide bonds. The maximum Gasteiger partial charge on any atom is 0.339 e. The standard InChI is InChI=1S/C30H32N2O5/c33-28-21-10-4-5-11-22(21)29-25(23(18-37-29)30(34)35)26(28)27(32-14-6-1-7-15-32)20-12-13-31-24(16-20)36-17-19-8-2-3-9-19/h4-5,10-13,16,18-19,27,33H,1-3,6-9,14-15,17H2,(H,34,35). The van der Waals surface area contributed by atoms with E-state index >= 15 is 0 Å². The maximum atomic E-state index is 12.3. The number of carbonyl (C=O) groups is 1. The van der Waals surface area contributed by atoms with Gasteiger partial charge in [0.1, 0.15) is 23.2 Å². The third kappa shape index (κ3) is 4.42. The van der Waals surface area contributed by atoms with E-state index in [2.05, 4.69) is 9.88 Å². The summed E-state index contributed by atoms with van der Waals surface area (Å²) in [6, 6.07) is 11.0. The Labute approximate surface area is 215 Å². The zero-order valence-corrected chi connectivity index (χ0v) is 20.9. The largest absolute Gasteiger partial charge is 0.507 e. The second-order valence-electron chi connectivity index (χ2n) is 10.4. The Hall–Kier alpha value is -3.58. The van der Waals surface area contributed by atoms with Crippen molar-refractivity contribution in [3.05, 3.63) is 65.5 Å². The number of phenolic OH excluding ortho intramolecular Hbond substituents is 1. The minimum absolute atomic E-state index is 0.0554. The van der Waals surface area contributed by atoms with Gasteiger partial charge in [0.05, 0.1) is 12.6 Å². The normalized spacial score (nSPS) is 17.9. The predicted molar refractivity (Wildman–Crippen MR) is 141 cm³/mol. The van der Waals surface area contributed by atoms with Crippen LogP contribution in [0.3, 0.4) is 0 Å². The monoisotopic (exact) mass is 500 g/mol. The van der Waals surface area contributed by atoms with E-state index in [0.29, 0.717) is 45.7 Å². The van der Waals surface area contributed by atoms with Gasteiger partial charge in [0.25, 0.3) is 0 Å². The summed E-state index contributed by atoms with van der Waals surface area (Å²) in [5, 5.41) is 23.6. The maximum absolute atomic E-state index is 12.3. The second-order valence-corrected chi connectivity index (χ2v) is 10.4. The number of ether oxygens (including phenoxy) is 1. The fourth-order valence-corrected chi connectivity index (χ4v) is 6.19. The molecule has 1 aliphatic carbocycles. The van der Waals surface area contributed by atoms with E-state index in [-0.39, 0.29) is 17.4 Å². The minimum atomic E-state index is -1.08. The number of nitrogens with zero attached hydrogens (tertiary/aromatic N) is 2. The van der Waals surface area contributed by atoms with Gasteiger partial charge in [-0.05, 0) is 56.3 Å². The van der Waals surface area contributed by atoms with Crippen molar-refractivity contribution in [1.29, 1.82) is 0 Å². The van der Waals surface area contributed by atoms with E-state index in [1.165, 1.54) is 31.9 Å². The van der Waals surface area contributed by atoms with Gasteiger partial charge in [-0.15, -0.1) is 0 Å². The topological polar surface area (TPSA) is 96.0 Å². The first kappa shape index (κ1) is 23.8. The average molecular weight is 501 g/mol. The number of carboxylic acids is 1. The van der Waals surface area contributed by atoms with Gasteiger partial charge in [-0.25, -0.2) is 9.78 Å². The first-order valence-electron chi connectivity index (χ1n) is 13.3. The number of phenols is 1. The van der Waals surface area contributed by atoms with E-state index in [9.17, 15) is 15.0 Å². The molecular weight excluding hydrogens is 468 g/mol. The Morgan fingerprint density at radius 2 is 1.84 bits per heavy atom. The van der Waals surface area contributed by atoms with Crippen LogP contribution >= 0.6 is 0 Å². The fourth-order valence-electron chi connectivity index (χ4n) is 6.19. The number of carboxylic acid groups (broad SMARTS) is 1. The molecule has 3 heterocycles. The van der Waals surface area contributed by atoms with Crippen LogP contribution in [0, 0.1) is 5.92 Å². The van der Waals surface area contributed by atoms with Crippen molar-refractivity contribution in [2.45, 2.75) is 51.0 Å². The molecule has 2 N–H and O–H groups in total. The lowest BCUT2D eigenvalue weighted by molar-refractivity contribution is 0.0698. The van der Waals surface area contributed by atoms with Crippen LogP contribution in [0.2, 0.25) is 0 Å². The lowest BCUT2D eigenvalue weighted by Gasteiger charge is -2.36. The van der Waals surface area contributed by atoms with Crippen LogP contribution in [0.25, 0.3) is 21.7 Å². The van der Waals surface area contributed by atoms with Gasteiger partial charge in [-0.1, -0.05) is 43.5 Å². The number of aromatic hydroxyl groups is 1. The number of rotatable bonds is 7. The van der Waals surface area contributed by atoms with Crippen molar-refractivity contribution in [2.75, 3.05) is 19.7 Å².